The first kappa shape index (κ1) is 28.9. The predicted molar refractivity (Wildman–Crippen MR) is 142 cm³/mol. The van der Waals surface area contributed by atoms with Crippen molar-refractivity contribution in [3.8, 4) is 17.3 Å². The van der Waals surface area contributed by atoms with Gasteiger partial charge in [-0.15, -0.1) is 0 Å². The van der Waals surface area contributed by atoms with Crippen molar-refractivity contribution in [3.05, 3.63) is 118 Å². The molecule has 1 unspecified atom stereocenters. The number of non-ortho nitro benzene ring substituents is 1. The fourth-order valence-corrected chi connectivity index (χ4v) is 3.93. The Morgan fingerprint density at radius 2 is 1.77 bits per heavy atom. The van der Waals surface area contributed by atoms with Gasteiger partial charge in [0, 0.05) is 41.8 Å². The Labute approximate surface area is 238 Å². The van der Waals surface area contributed by atoms with Crippen molar-refractivity contribution in [1.29, 1.82) is 0 Å². The van der Waals surface area contributed by atoms with Gasteiger partial charge in [-0.05, 0) is 42.5 Å². The number of aliphatic hydroxyl groups excluding tert-OH is 1. The van der Waals surface area contributed by atoms with Crippen LogP contribution >= 0.6 is 0 Å². The number of nitrogens with one attached hydrogen (secondary N) is 2. The van der Waals surface area contributed by atoms with E-state index in [0.717, 1.165) is 42.6 Å². The molecule has 0 amide bonds. The smallest absolute Gasteiger partial charge is 0.433 e. The molecular weight excluding hydrogens is 581 g/mol. The largest absolute Gasteiger partial charge is 0.436 e. The monoisotopic (exact) mass is 599 g/mol. The van der Waals surface area contributed by atoms with Crippen LogP contribution in [0.5, 0.6) is 11.6 Å². The zero-order valence-electron chi connectivity index (χ0n) is 21.5. The summed E-state index contributed by atoms with van der Waals surface area (Å²) >= 11 is 0. The molecule has 220 valence electrons. The summed E-state index contributed by atoms with van der Waals surface area (Å²) in [6.45, 7) is 0. The fourth-order valence-electron chi connectivity index (χ4n) is 3.93. The van der Waals surface area contributed by atoms with Crippen LogP contribution in [0, 0.1) is 21.7 Å². The van der Waals surface area contributed by atoms with E-state index in [2.05, 4.69) is 25.7 Å². The number of hydrogen-bond acceptors (Lipinski definition) is 9. The maximum atomic E-state index is 14.9. The molecule has 0 aliphatic carbocycles. The third kappa shape index (κ3) is 6.65. The van der Waals surface area contributed by atoms with Crippen LogP contribution in [0.1, 0.15) is 17.5 Å². The van der Waals surface area contributed by atoms with Crippen LogP contribution in [0.25, 0.3) is 5.69 Å². The van der Waals surface area contributed by atoms with E-state index in [1.807, 2.05) is 0 Å². The van der Waals surface area contributed by atoms with Crippen molar-refractivity contribution in [1.82, 2.24) is 19.7 Å². The second-order valence-electron chi connectivity index (χ2n) is 8.78. The lowest BCUT2D eigenvalue weighted by molar-refractivity contribution is -0.384. The summed E-state index contributed by atoms with van der Waals surface area (Å²) in [5, 5.41) is 30.4. The van der Waals surface area contributed by atoms with Gasteiger partial charge in [-0.25, -0.2) is 18.4 Å². The first-order chi connectivity index (χ1) is 20.5. The van der Waals surface area contributed by atoms with Crippen LogP contribution in [-0.2, 0) is 6.18 Å². The van der Waals surface area contributed by atoms with Crippen molar-refractivity contribution in [2.45, 2.75) is 12.4 Å². The maximum Gasteiger partial charge on any atom is 0.433 e. The molecule has 11 nitrogen and oxygen atoms in total. The number of ether oxygens (including phenoxy) is 1. The van der Waals surface area contributed by atoms with Gasteiger partial charge in [-0.3, -0.25) is 10.1 Å². The number of aromatic nitrogens is 4. The van der Waals surface area contributed by atoms with Gasteiger partial charge >= 0.3 is 6.18 Å². The quantitative estimate of drug-likeness (QED) is 0.0749. The number of nitro groups is 1. The molecule has 3 N–H and O–H groups in total. The lowest BCUT2D eigenvalue weighted by atomic mass is 10.2. The standard InChI is InChI=1S/C27H18F5N7O4/c28-15-4-7-18(8-5-15)38-24(27(30,31)32)20(14-34-38)25(40)35-17-6-9-22(21(29)13-17)43-23-10-11-33-26(37-23)36-16-2-1-3-19(12-16)39(41)42/h1-14,25,35,40H,(H,33,36,37). The molecule has 2 aromatic heterocycles. The van der Waals surface area contributed by atoms with Gasteiger partial charge in [0.2, 0.25) is 11.8 Å². The third-order valence-corrected chi connectivity index (χ3v) is 5.82. The number of halogens is 5. The Hall–Kier alpha value is -5.64. The highest BCUT2D eigenvalue weighted by atomic mass is 19.4. The molecular formula is C27H18F5N7O4. The minimum Gasteiger partial charge on any atom is -0.436 e. The maximum absolute atomic E-state index is 14.9. The number of alkyl halides is 3. The minimum atomic E-state index is -4.95. The first-order valence-corrected chi connectivity index (χ1v) is 12.2. The SMILES string of the molecule is O=[N+]([O-])c1cccc(Nc2nccc(Oc3ccc(NC(O)c4cnn(-c5ccc(F)cc5)c4C(F)(F)F)cc3F)n2)c1. The zero-order chi connectivity index (χ0) is 30.7. The average Bonchev–Trinajstić information content (AvgIpc) is 3.42. The number of nitro benzene ring substituents is 1. The van der Waals surface area contributed by atoms with Crippen LogP contribution < -0.4 is 15.4 Å². The minimum absolute atomic E-state index is 0.00136. The van der Waals surface area contributed by atoms with Gasteiger partial charge in [0.05, 0.1) is 22.4 Å². The molecule has 0 bridgehead atoms. The third-order valence-electron chi connectivity index (χ3n) is 5.82. The number of aliphatic hydroxyl groups is 1. The summed E-state index contributed by atoms with van der Waals surface area (Å²) in [7, 11) is 0. The van der Waals surface area contributed by atoms with Gasteiger partial charge in [0.1, 0.15) is 5.82 Å². The van der Waals surface area contributed by atoms with Crippen LogP contribution in [-0.4, -0.2) is 29.8 Å². The Bertz CT molecular complexity index is 1780. The summed E-state index contributed by atoms with van der Waals surface area (Å²) in [6.07, 6.45) is -4.81. The highest BCUT2D eigenvalue weighted by Gasteiger charge is 2.40. The first-order valence-electron chi connectivity index (χ1n) is 12.2. The van der Waals surface area contributed by atoms with E-state index in [1.54, 1.807) is 6.07 Å². The van der Waals surface area contributed by atoms with Gasteiger partial charge in [-0.2, -0.15) is 23.3 Å². The number of hydrogen-bond donors (Lipinski definition) is 3. The van der Waals surface area contributed by atoms with E-state index >= 15 is 0 Å². The van der Waals surface area contributed by atoms with Crippen molar-refractivity contribution in [2.75, 3.05) is 10.6 Å². The van der Waals surface area contributed by atoms with Crippen LogP contribution in [0.2, 0.25) is 0 Å². The number of benzene rings is 3. The zero-order valence-corrected chi connectivity index (χ0v) is 21.5. The Kier molecular flexibility index (Phi) is 7.85. The van der Waals surface area contributed by atoms with Crippen molar-refractivity contribution in [2.24, 2.45) is 0 Å². The van der Waals surface area contributed by atoms with Gasteiger partial charge in [0.15, 0.2) is 23.5 Å². The van der Waals surface area contributed by atoms with E-state index in [0.29, 0.717) is 10.4 Å². The Morgan fingerprint density at radius 1 is 1.00 bits per heavy atom. The van der Waals surface area contributed by atoms with Gasteiger partial charge < -0.3 is 20.5 Å². The summed E-state index contributed by atoms with van der Waals surface area (Å²) < 4.78 is 75.9. The van der Waals surface area contributed by atoms with E-state index < -0.39 is 40.2 Å². The molecule has 0 radical (unpaired) electrons. The summed E-state index contributed by atoms with van der Waals surface area (Å²) in [5.74, 6) is -1.99. The lowest BCUT2D eigenvalue weighted by Crippen LogP contribution is -2.19. The van der Waals surface area contributed by atoms with Gasteiger partial charge in [0.25, 0.3) is 5.69 Å². The highest BCUT2D eigenvalue weighted by molar-refractivity contribution is 5.58. The van der Waals surface area contributed by atoms with Crippen molar-refractivity contribution in [3.63, 3.8) is 0 Å². The second kappa shape index (κ2) is 11.7. The van der Waals surface area contributed by atoms with E-state index in [4.69, 9.17) is 4.74 Å². The summed E-state index contributed by atoms with van der Waals surface area (Å²) in [6, 6.07) is 14.3. The molecule has 3 aromatic carbocycles. The molecule has 0 spiro atoms. The molecule has 1 atom stereocenters. The molecule has 43 heavy (non-hydrogen) atoms. The number of rotatable bonds is 9. The average molecular weight is 599 g/mol. The fraction of sp³-hybridized carbons (Fsp3) is 0.0741. The molecule has 16 heteroatoms. The molecule has 5 aromatic rings. The van der Waals surface area contributed by atoms with Crippen LogP contribution in [0.15, 0.2) is 85.2 Å². The van der Waals surface area contributed by atoms with Crippen LogP contribution in [0.4, 0.5) is 45.0 Å². The lowest BCUT2D eigenvalue weighted by Gasteiger charge is -2.18. The van der Waals surface area contributed by atoms with Gasteiger partial charge in [-0.1, -0.05) is 6.07 Å². The number of anilines is 3. The summed E-state index contributed by atoms with van der Waals surface area (Å²) in [4.78, 5) is 18.5. The molecule has 0 aliphatic rings. The molecule has 0 saturated heterocycles. The van der Waals surface area contributed by atoms with E-state index in [-0.39, 0.29) is 34.6 Å². The normalized spacial score (nSPS) is 12.0. The topological polar surface area (TPSA) is 140 Å². The molecule has 2 heterocycles. The molecule has 0 fully saturated rings. The molecule has 0 saturated carbocycles. The molecule has 0 aliphatic heterocycles. The van der Waals surface area contributed by atoms with Crippen molar-refractivity contribution < 1.29 is 36.7 Å². The molecule has 5 rings (SSSR count). The van der Waals surface area contributed by atoms with Crippen LogP contribution in [0.3, 0.4) is 0 Å². The van der Waals surface area contributed by atoms with E-state index in [1.165, 1.54) is 36.5 Å². The number of nitrogens with zero attached hydrogens (tertiary/aromatic N) is 5. The predicted octanol–water partition coefficient (Wildman–Crippen LogP) is 6.51. The summed E-state index contributed by atoms with van der Waals surface area (Å²) in [5.41, 5.74) is -1.97. The van der Waals surface area contributed by atoms with Crippen molar-refractivity contribution >= 4 is 23.0 Å². The van der Waals surface area contributed by atoms with E-state index in [9.17, 15) is 37.2 Å². The second-order valence-corrected chi connectivity index (χ2v) is 8.78. The highest BCUT2D eigenvalue weighted by Crippen LogP contribution is 2.37. The Balaban J connectivity index is 1.31. The Morgan fingerprint density at radius 3 is 2.47 bits per heavy atom.